The van der Waals surface area contributed by atoms with Crippen molar-refractivity contribution in [2.75, 3.05) is 6.61 Å². The van der Waals surface area contributed by atoms with Crippen molar-refractivity contribution in [3.8, 4) is 0 Å². The zero-order valence-electron chi connectivity index (χ0n) is 12.8. The number of aliphatic hydroxyl groups is 1. The van der Waals surface area contributed by atoms with Crippen LogP contribution in [0.5, 0.6) is 0 Å². The van der Waals surface area contributed by atoms with Gasteiger partial charge in [-0.25, -0.2) is 0 Å². The molecule has 0 aromatic carbocycles. The average Bonchev–Trinajstić information content (AvgIpc) is 2.43. The predicted molar refractivity (Wildman–Crippen MR) is 69.6 cm³/mol. The highest BCUT2D eigenvalue weighted by Crippen LogP contribution is 2.27. The second-order valence-electron chi connectivity index (χ2n) is 4.71. The summed E-state index contributed by atoms with van der Waals surface area (Å²) in [6.07, 6.45) is -6.77. The molecule has 10 nitrogen and oxygen atoms in total. The first kappa shape index (κ1) is 18.8. The fourth-order valence-corrected chi connectivity index (χ4v) is 2.10. The fraction of sp³-hybridized carbons (Fsp3) is 0.692. The summed E-state index contributed by atoms with van der Waals surface area (Å²) in [5.74, 6) is -2.12. The molecule has 0 bridgehead atoms. The van der Waals surface area contributed by atoms with Crippen molar-refractivity contribution in [3.05, 3.63) is 0 Å². The van der Waals surface area contributed by atoms with Crippen molar-refractivity contribution < 1.29 is 48.0 Å². The fourth-order valence-electron chi connectivity index (χ4n) is 2.10. The molecule has 1 fully saturated rings. The minimum absolute atomic E-state index is 0.0542. The van der Waals surface area contributed by atoms with Gasteiger partial charge in [0.15, 0.2) is 24.6 Å². The molecule has 1 aliphatic heterocycles. The number of hydrogen-bond donors (Lipinski definition) is 1. The van der Waals surface area contributed by atoms with Crippen molar-refractivity contribution in [3.63, 3.8) is 0 Å². The van der Waals surface area contributed by atoms with E-state index in [1.165, 1.54) is 0 Å². The number of esters is 3. The molecule has 1 heterocycles. The highest BCUT2D eigenvalue weighted by Gasteiger charge is 2.51. The molecule has 0 radical (unpaired) electrons. The highest BCUT2D eigenvalue weighted by molar-refractivity contribution is 5.67. The van der Waals surface area contributed by atoms with Gasteiger partial charge in [-0.2, -0.15) is 0 Å². The number of aliphatic hydroxyl groups excluding tert-OH is 1. The first-order valence-electron chi connectivity index (χ1n) is 6.66. The molecule has 0 amide bonds. The van der Waals surface area contributed by atoms with E-state index in [1.807, 2.05) is 0 Å². The number of hydrogen-bond acceptors (Lipinski definition) is 10. The lowest BCUT2D eigenvalue weighted by molar-refractivity contribution is -0.294. The van der Waals surface area contributed by atoms with E-state index < -0.39 is 48.6 Å². The molecule has 0 aromatic rings. The standard InChI is InChI=1S/C13H18O10/c1-6(15)19-4-9-10(21-7(2)16)11(20-5-14)12(13(18)23-9)22-8(3)17/h5,9-13,18H,4H2,1-3H3/t9-,10-,11+,12-,13?/m1/s1. The van der Waals surface area contributed by atoms with E-state index in [2.05, 4.69) is 0 Å². The second kappa shape index (κ2) is 8.44. The van der Waals surface area contributed by atoms with Gasteiger partial charge in [0.25, 0.3) is 6.47 Å². The third kappa shape index (κ3) is 5.49. The van der Waals surface area contributed by atoms with Crippen LogP contribution in [0.1, 0.15) is 20.8 Å². The molecule has 1 unspecified atom stereocenters. The molecular weight excluding hydrogens is 316 g/mol. The molecule has 1 N–H and O–H groups in total. The van der Waals surface area contributed by atoms with E-state index in [-0.39, 0.29) is 13.1 Å². The zero-order chi connectivity index (χ0) is 17.6. The maximum absolute atomic E-state index is 11.3. The first-order chi connectivity index (χ1) is 10.8. The van der Waals surface area contributed by atoms with Crippen LogP contribution in [0.2, 0.25) is 0 Å². The molecule has 0 spiro atoms. The summed E-state index contributed by atoms with van der Waals surface area (Å²) < 4.78 is 24.6. The third-order valence-electron chi connectivity index (χ3n) is 2.88. The molecular formula is C13H18O10. The van der Waals surface area contributed by atoms with Crippen LogP contribution in [-0.4, -0.2) is 66.8 Å². The first-order valence-corrected chi connectivity index (χ1v) is 6.66. The van der Waals surface area contributed by atoms with E-state index in [9.17, 15) is 24.3 Å². The van der Waals surface area contributed by atoms with E-state index in [0.717, 1.165) is 20.8 Å². The summed E-state index contributed by atoms with van der Waals surface area (Å²) in [5.41, 5.74) is 0. The van der Waals surface area contributed by atoms with Crippen LogP contribution in [-0.2, 0) is 42.9 Å². The number of carbonyl (C=O) groups is 4. The van der Waals surface area contributed by atoms with Gasteiger partial charge in [-0.3, -0.25) is 19.2 Å². The average molecular weight is 334 g/mol. The Bertz CT molecular complexity index is 462. The Balaban J connectivity index is 3.04. The van der Waals surface area contributed by atoms with Gasteiger partial charge in [-0.15, -0.1) is 0 Å². The van der Waals surface area contributed by atoms with E-state index in [0.29, 0.717) is 0 Å². The van der Waals surface area contributed by atoms with Crippen LogP contribution in [0, 0.1) is 0 Å². The van der Waals surface area contributed by atoms with Gasteiger partial charge in [0.1, 0.15) is 12.7 Å². The molecule has 5 atom stereocenters. The van der Waals surface area contributed by atoms with Gasteiger partial charge in [0.05, 0.1) is 0 Å². The molecule has 0 aromatic heterocycles. The van der Waals surface area contributed by atoms with Crippen LogP contribution >= 0.6 is 0 Å². The van der Waals surface area contributed by atoms with Crippen molar-refractivity contribution in [1.29, 1.82) is 0 Å². The van der Waals surface area contributed by atoms with Gasteiger partial charge in [-0.05, 0) is 0 Å². The molecule has 0 aliphatic carbocycles. The summed E-state index contributed by atoms with van der Waals surface area (Å²) in [5, 5.41) is 9.93. The van der Waals surface area contributed by atoms with Crippen LogP contribution in [0.15, 0.2) is 0 Å². The smallest absolute Gasteiger partial charge is 0.303 e. The molecule has 1 rings (SSSR count). The monoisotopic (exact) mass is 334 g/mol. The zero-order valence-corrected chi connectivity index (χ0v) is 12.8. The van der Waals surface area contributed by atoms with Crippen molar-refractivity contribution in [1.82, 2.24) is 0 Å². The summed E-state index contributed by atoms with van der Waals surface area (Å²) in [6, 6.07) is 0. The lowest BCUT2D eigenvalue weighted by Crippen LogP contribution is -2.61. The van der Waals surface area contributed by atoms with Gasteiger partial charge in [-0.1, -0.05) is 0 Å². The Morgan fingerprint density at radius 2 is 1.57 bits per heavy atom. The Morgan fingerprint density at radius 1 is 1.00 bits per heavy atom. The lowest BCUT2D eigenvalue weighted by Gasteiger charge is -2.42. The topological polar surface area (TPSA) is 135 Å². The minimum Gasteiger partial charge on any atom is -0.463 e. The predicted octanol–water partition coefficient (Wildman–Crippen LogP) is -1.33. The summed E-state index contributed by atoms with van der Waals surface area (Å²) in [4.78, 5) is 44.0. The molecule has 1 aliphatic rings. The van der Waals surface area contributed by atoms with Crippen molar-refractivity contribution in [2.24, 2.45) is 0 Å². The molecule has 1 saturated heterocycles. The van der Waals surface area contributed by atoms with Gasteiger partial charge < -0.3 is 28.8 Å². The van der Waals surface area contributed by atoms with E-state index >= 15 is 0 Å². The number of ether oxygens (including phenoxy) is 5. The Morgan fingerprint density at radius 3 is 2.04 bits per heavy atom. The van der Waals surface area contributed by atoms with Crippen LogP contribution < -0.4 is 0 Å². The van der Waals surface area contributed by atoms with Gasteiger partial charge >= 0.3 is 17.9 Å². The summed E-state index contributed by atoms with van der Waals surface area (Å²) in [7, 11) is 0. The third-order valence-corrected chi connectivity index (χ3v) is 2.88. The van der Waals surface area contributed by atoms with E-state index in [1.54, 1.807) is 0 Å². The Labute approximate surface area is 131 Å². The van der Waals surface area contributed by atoms with Crippen LogP contribution in [0.4, 0.5) is 0 Å². The SMILES string of the molecule is CC(=O)OC[C@H]1OC(O)[C@H](OC(C)=O)[C@@H](OC=O)[C@@H]1OC(C)=O. The van der Waals surface area contributed by atoms with Crippen LogP contribution in [0.3, 0.4) is 0 Å². The molecule has 23 heavy (non-hydrogen) atoms. The van der Waals surface area contributed by atoms with Crippen LogP contribution in [0.25, 0.3) is 0 Å². The van der Waals surface area contributed by atoms with Crippen molar-refractivity contribution in [2.45, 2.75) is 51.5 Å². The van der Waals surface area contributed by atoms with Crippen molar-refractivity contribution >= 4 is 24.4 Å². The highest BCUT2D eigenvalue weighted by atomic mass is 16.7. The molecule has 0 saturated carbocycles. The Kier molecular flexibility index (Phi) is 6.91. The lowest BCUT2D eigenvalue weighted by atomic mass is 9.98. The number of rotatable bonds is 6. The molecule has 10 heteroatoms. The summed E-state index contributed by atoms with van der Waals surface area (Å²) >= 11 is 0. The largest absolute Gasteiger partial charge is 0.463 e. The molecule has 130 valence electrons. The number of carbonyl (C=O) groups excluding carboxylic acids is 4. The quantitative estimate of drug-likeness (QED) is 0.353. The van der Waals surface area contributed by atoms with Gasteiger partial charge in [0, 0.05) is 20.8 Å². The summed E-state index contributed by atoms with van der Waals surface area (Å²) in [6.45, 7) is 3.03. The maximum atomic E-state index is 11.3. The van der Waals surface area contributed by atoms with Gasteiger partial charge in [0.2, 0.25) is 0 Å². The Hall–Kier alpha value is -2.20. The normalized spacial score (nSPS) is 30.0. The van der Waals surface area contributed by atoms with E-state index in [4.69, 9.17) is 23.7 Å². The maximum Gasteiger partial charge on any atom is 0.303 e. The second-order valence-corrected chi connectivity index (χ2v) is 4.71. The minimum atomic E-state index is -1.67.